The fraction of sp³-hybridized carbons (Fsp3) is 0.158. The maximum absolute atomic E-state index is 9.63. The monoisotopic (exact) mass is 459 g/mol. The minimum Gasteiger partial charge on any atom is -0.489 e. The lowest BCUT2D eigenvalue weighted by atomic mass is 10.1. The highest BCUT2D eigenvalue weighted by Gasteiger charge is 2.14. The summed E-state index contributed by atoms with van der Waals surface area (Å²) in [5.74, 6) is 1.23. The predicted octanol–water partition coefficient (Wildman–Crippen LogP) is 5.94. The second kappa shape index (κ2) is 7.42. The number of hydrogen-bond donors (Lipinski definition) is 1. The number of allylic oxidation sites excluding steroid dienone is 1. The van der Waals surface area contributed by atoms with Crippen LogP contribution in [0.5, 0.6) is 5.75 Å². The molecule has 0 spiro atoms. The van der Waals surface area contributed by atoms with Crippen LogP contribution in [0.2, 0.25) is 0 Å². The molecule has 0 saturated carbocycles. The van der Waals surface area contributed by atoms with Gasteiger partial charge in [0.25, 0.3) is 0 Å². The van der Waals surface area contributed by atoms with E-state index in [-0.39, 0.29) is 6.10 Å². The lowest BCUT2D eigenvalue weighted by Gasteiger charge is -2.15. The molecule has 0 aliphatic carbocycles. The van der Waals surface area contributed by atoms with Gasteiger partial charge in [0.15, 0.2) is 0 Å². The van der Waals surface area contributed by atoms with Crippen molar-refractivity contribution in [3.05, 3.63) is 56.7 Å². The Morgan fingerprint density at radius 1 is 1.28 bits per heavy atom. The van der Waals surface area contributed by atoms with E-state index in [1.54, 1.807) is 6.08 Å². The summed E-state index contributed by atoms with van der Waals surface area (Å²) in [4.78, 5) is 7.70. The Morgan fingerprint density at radius 2 is 2.04 bits per heavy atom. The lowest BCUT2D eigenvalue weighted by Crippen LogP contribution is -2.07. The third kappa shape index (κ3) is 3.94. The largest absolute Gasteiger partial charge is 0.489 e. The third-order valence-electron chi connectivity index (χ3n) is 3.46. The fourth-order valence-electron chi connectivity index (χ4n) is 2.44. The summed E-state index contributed by atoms with van der Waals surface area (Å²) < 4.78 is 7.63. The highest BCUT2D eigenvalue weighted by atomic mass is 79.9. The number of halogens is 2. The number of benzene rings is 2. The van der Waals surface area contributed by atoms with Crippen molar-refractivity contribution in [2.75, 3.05) is 0 Å². The molecule has 1 N–H and O–H groups in total. The minimum atomic E-state index is 0.0152. The maximum atomic E-state index is 9.63. The molecule has 126 valence electrons. The molecule has 3 rings (SSSR count). The van der Waals surface area contributed by atoms with Crippen LogP contribution in [-0.2, 0) is 0 Å². The second-order valence-electron chi connectivity index (χ2n) is 5.74. The Kier molecular flexibility index (Phi) is 5.26. The number of hydrogen-bond acceptors (Lipinski definition) is 3. The van der Waals surface area contributed by atoms with E-state index >= 15 is 0 Å². The summed E-state index contributed by atoms with van der Waals surface area (Å²) in [6.45, 7) is 3.93. The van der Waals surface area contributed by atoms with Gasteiger partial charge in [-0.25, -0.2) is 4.98 Å². The van der Waals surface area contributed by atoms with Crippen LogP contribution in [0.4, 0.5) is 0 Å². The average molecular weight is 461 g/mol. The Balaban J connectivity index is 2.12. The summed E-state index contributed by atoms with van der Waals surface area (Å²) in [6, 6.07) is 13.8. The summed E-state index contributed by atoms with van der Waals surface area (Å²) in [6.07, 6.45) is 1.80. The number of H-pyrrole nitrogens is 1. The number of aromatic nitrogens is 2. The zero-order chi connectivity index (χ0) is 18.0. The minimum absolute atomic E-state index is 0.0152. The van der Waals surface area contributed by atoms with Gasteiger partial charge in [-0.3, -0.25) is 0 Å². The molecule has 3 aromatic rings. The first-order valence-corrected chi connectivity index (χ1v) is 9.29. The van der Waals surface area contributed by atoms with Crippen molar-refractivity contribution in [2.24, 2.45) is 0 Å². The Labute approximate surface area is 162 Å². The second-order valence-corrected chi connectivity index (χ2v) is 7.51. The predicted molar refractivity (Wildman–Crippen MR) is 107 cm³/mol. The van der Waals surface area contributed by atoms with Gasteiger partial charge in [-0.1, -0.05) is 28.1 Å². The molecule has 4 nitrogen and oxygen atoms in total. The molecule has 0 atom stereocenters. The smallest absolute Gasteiger partial charge is 0.149 e. The first-order chi connectivity index (χ1) is 12.0. The van der Waals surface area contributed by atoms with Crippen LogP contribution < -0.4 is 4.74 Å². The van der Waals surface area contributed by atoms with Crippen molar-refractivity contribution in [3.8, 4) is 11.8 Å². The standard InChI is InChI=1S/C19H15Br2N3O/c1-11(2)25-18-12(8-14(20)9-15(18)21)7-13(10-22)19-23-16-5-3-4-6-17(16)24-19/h3-9,11H,1-2H3,(H,23,24)/b13-7-. The summed E-state index contributed by atoms with van der Waals surface area (Å²) in [7, 11) is 0. The molecule has 1 heterocycles. The van der Waals surface area contributed by atoms with E-state index in [4.69, 9.17) is 4.74 Å². The van der Waals surface area contributed by atoms with Crippen LogP contribution in [0, 0.1) is 11.3 Å². The first kappa shape index (κ1) is 17.7. The molecular formula is C19H15Br2N3O. The first-order valence-electron chi connectivity index (χ1n) is 7.70. The van der Waals surface area contributed by atoms with Gasteiger partial charge in [0.2, 0.25) is 0 Å². The van der Waals surface area contributed by atoms with Crippen LogP contribution in [0.15, 0.2) is 45.3 Å². The number of aromatic amines is 1. The molecular weight excluding hydrogens is 446 g/mol. The number of ether oxygens (including phenoxy) is 1. The van der Waals surface area contributed by atoms with E-state index in [9.17, 15) is 5.26 Å². The van der Waals surface area contributed by atoms with E-state index < -0.39 is 0 Å². The molecule has 0 bridgehead atoms. The maximum Gasteiger partial charge on any atom is 0.149 e. The van der Waals surface area contributed by atoms with Crippen molar-refractivity contribution in [1.29, 1.82) is 5.26 Å². The summed E-state index contributed by atoms with van der Waals surface area (Å²) in [5.41, 5.74) is 2.96. The van der Waals surface area contributed by atoms with Gasteiger partial charge in [-0.05, 0) is 60.1 Å². The number of nitrogens with one attached hydrogen (secondary N) is 1. The molecule has 1 aromatic heterocycles. The van der Waals surface area contributed by atoms with E-state index in [2.05, 4.69) is 47.9 Å². The molecule has 0 aliphatic heterocycles. The van der Waals surface area contributed by atoms with Crippen molar-refractivity contribution < 1.29 is 4.74 Å². The van der Waals surface area contributed by atoms with Crippen LogP contribution in [-0.4, -0.2) is 16.1 Å². The molecule has 2 aromatic carbocycles. The van der Waals surface area contributed by atoms with Crippen LogP contribution in [0.25, 0.3) is 22.7 Å². The highest BCUT2D eigenvalue weighted by Crippen LogP contribution is 2.35. The molecule has 0 unspecified atom stereocenters. The SMILES string of the molecule is CC(C)Oc1c(Br)cc(Br)cc1/C=C(/C#N)c1nc2ccccc2[nH]1. The quantitative estimate of drug-likeness (QED) is 0.490. The number of nitrogens with zero attached hydrogens (tertiary/aromatic N) is 2. The Bertz CT molecular complexity index is 967. The van der Waals surface area contributed by atoms with Crippen molar-refractivity contribution >= 4 is 54.5 Å². The fourth-order valence-corrected chi connectivity index (χ4v) is 3.79. The van der Waals surface area contributed by atoms with Crippen molar-refractivity contribution in [1.82, 2.24) is 9.97 Å². The third-order valence-corrected chi connectivity index (χ3v) is 4.50. The summed E-state index contributed by atoms with van der Waals surface area (Å²) in [5, 5.41) is 9.63. The van der Waals surface area contributed by atoms with Gasteiger partial charge >= 0.3 is 0 Å². The number of nitriles is 1. The van der Waals surface area contributed by atoms with E-state index in [1.807, 2.05) is 50.2 Å². The molecule has 0 radical (unpaired) electrons. The number of rotatable bonds is 4. The normalized spacial score (nSPS) is 11.8. The molecule has 0 fully saturated rings. The average Bonchev–Trinajstić information content (AvgIpc) is 2.99. The topological polar surface area (TPSA) is 61.7 Å². The van der Waals surface area contributed by atoms with Crippen molar-refractivity contribution in [3.63, 3.8) is 0 Å². The van der Waals surface area contributed by atoms with E-state index in [0.717, 1.165) is 25.5 Å². The summed E-state index contributed by atoms with van der Waals surface area (Å²) >= 11 is 7.02. The molecule has 0 saturated heterocycles. The van der Waals surface area contributed by atoms with Gasteiger partial charge in [0.05, 0.1) is 27.2 Å². The molecule has 25 heavy (non-hydrogen) atoms. The van der Waals surface area contributed by atoms with Gasteiger partial charge < -0.3 is 9.72 Å². The molecule has 0 amide bonds. The van der Waals surface area contributed by atoms with Gasteiger partial charge in [-0.15, -0.1) is 0 Å². The van der Waals surface area contributed by atoms with Crippen LogP contribution in [0.1, 0.15) is 25.2 Å². The molecule has 0 aliphatic rings. The van der Waals surface area contributed by atoms with Gasteiger partial charge in [0.1, 0.15) is 17.6 Å². The number of para-hydroxylation sites is 2. The van der Waals surface area contributed by atoms with Gasteiger partial charge in [0, 0.05) is 10.0 Å². The Morgan fingerprint density at radius 3 is 2.72 bits per heavy atom. The van der Waals surface area contributed by atoms with Crippen LogP contribution in [0.3, 0.4) is 0 Å². The van der Waals surface area contributed by atoms with Crippen molar-refractivity contribution in [2.45, 2.75) is 20.0 Å². The van der Waals surface area contributed by atoms with Crippen LogP contribution >= 0.6 is 31.9 Å². The molecule has 6 heteroatoms. The Hall–Kier alpha value is -2.10. The van der Waals surface area contributed by atoms with E-state index in [1.165, 1.54) is 0 Å². The number of imidazole rings is 1. The zero-order valence-corrected chi connectivity index (χ0v) is 16.8. The number of fused-ring (bicyclic) bond motifs is 1. The lowest BCUT2D eigenvalue weighted by molar-refractivity contribution is 0.240. The van der Waals surface area contributed by atoms with Gasteiger partial charge in [-0.2, -0.15) is 5.26 Å². The van der Waals surface area contributed by atoms with E-state index in [0.29, 0.717) is 17.1 Å². The zero-order valence-electron chi connectivity index (χ0n) is 13.7. The highest BCUT2D eigenvalue weighted by molar-refractivity contribution is 9.11.